The van der Waals surface area contributed by atoms with Crippen molar-refractivity contribution in [3.8, 4) is 0 Å². The molecule has 0 aromatic carbocycles. The van der Waals surface area contributed by atoms with Gasteiger partial charge in [0.1, 0.15) is 0 Å². The van der Waals surface area contributed by atoms with E-state index in [9.17, 15) is 5.11 Å². The lowest BCUT2D eigenvalue weighted by molar-refractivity contribution is 0.165. The van der Waals surface area contributed by atoms with E-state index in [1.165, 1.54) is 0 Å². The average Bonchev–Trinajstić information content (AvgIpc) is 3.07. The van der Waals surface area contributed by atoms with Gasteiger partial charge in [-0.2, -0.15) is 5.10 Å². The number of aryl methyl sites for hydroxylation is 1. The second-order valence-corrected chi connectivity index (χ2v) is 5.01. The summed E-state index contributed by atoms with van der Waals surface area (Å²) in [6.45, 7) is 0.833. The van der Waals surface area contributed by atoms with E-state index in [1.807, 2.05) is 16.9 Å². The molecule has 0 spiro atoms. The van der Waals surface area contributed by atoms with E-state index < -0.39 is 0 Å². The number of nitrogens with zero attached hydrogens (tertiary/aromatic N) is 6. The molecule has 102 valence electrons. The molecule has 8 heteroatoms. The Morgan fingerprint density at radius 1 is 1.47 bits per heavy atom. The zero-order valence-electron chi connectivity index (χ0n) is 10.7. The van der Waals surface area contributed by atoms with Gasteiger partial charge in [0.05, 0.1) is 12.1 Å². The van der Waals surface area contributed by atoms with E-state index >= 15 is 0 Å². The third-order valence-corrected chi connectivity index (χ3v) is 3.57. The fraction of sp³-hybridized carbons (Fsp3) is 0.636. The molecule has 8 nitrogen and oxygen atoms in total. The van der Waals surface area contributed by atoms with Crippen LogP contribution in [0.15, 0.2) is 18.5 Å². The summed E-state index contributed by atoms with van der Waals surface area (Å²) in [6.07, 6.45) is 4.99. The van der Waals surface area contributed by atoms with Crippen LogP contribution in [-0.2, 0) is 13.6 Å². The van der Waals surface area contributed by atoms with Crippen LogP contribution in [0.4, 0.5) is 5.95 Å². The monoisotopic (exact) mass is 263 g/mol. The molecule has 0 aliphatic heterocycles. The van der Waals surface area contributed by atoms with E-state index in [1.54, 1.807) is 17.9 Å². The van der Waals surface area contributed by atoms with Gasteiger partial charge in [0, 0.05) is 26.0 Å². The molecule has 0 saturated heterocycles. The van der Waals surface area contributed by atoms with Crippen LogP contribution in [-0.4, -0.2) is 47.2 Å². The summed E-state index contributed by atoms with van der Waals surface area (Å²) in [4.78, 5) is 0. The number of rotatable bonds is 4. The van der Waals surface area contributed by atoms with Crippen molar-refractivity contribution in [1.29, 1.82) is 0 Å². The SMILES string of the molecule is Cn1nnnc1N[C@@H]1CC(Cn2cccn2)C[C@H]1O. The van der Waals surface area contributed by atoms with Crippen molar-refractivity contribution >= 4 is 5.95 Å². The molecule has 2 aromatic rings. The van der Waals surface area contributed by atoms with Crippen molar-refractivity contribution in [1.82, 2.24) is 30.0 Å². The van der Waals surface area contributed by atoms with Crippen molar-refractivity contribution < 1.29 is 5.11 Å². The normalized spacial score (nSPS) is 26.7. The van der Waals surface area contributed by atoms with Gasteiger partial charge < -0.3 is 10.4 Å². The van der Waals surface area contributed by atoms with Crippen LogP contribution in [0.1, 0.15) is 12.8 Å². The Labute approximate surface area is 110 Å². The third kappa shape index (κ3) is 2.58. The second kappa shape index (κ2) is 4.96. The highest BCUT2D eigenvalue weighted by molar-refractivity contribution is 5.25. The molecule has 0 radical (unpaired) electrons. The van der Waals surface area contributed by atoms with Crippen molar-refractivity contribution in [2.75, 3.05) is 5.32 Å². The standard InChI is InChI=1S/C11H17N7O/c1-17-11(14-15-16-17)13-9-5-8(6-10(9)19)7-18-4-2-3-12-18/h2-4,8-10,19H,5-7H2,1H3,(H,13,14,16)/t8?,9-,10-/m1/s1. The summed E-state index contributed by atoms with van der Waals surface area (Å²) in [6, 6.07) is 1.90. The first kappa shape index (κ1) is 12.1. The Morgan fingerprint density at radius 2 is 2.37 bits per heavy atom. The third-order valence-electron chi connectivity index (χ3n) is 3.57. The minimum atomic E-state index is -0.378. The van der Waals surface area contributed by atoms with E-state index in [0.29, 0.717) is 11.9 Å². The van der Waals surface area contributed by atoms with Gasteiger partial charge in [-0.3, -0.25) is 4.68 Å². The zero-order valence-corrected chi connectivity index (χ0v) is 10.7. The van der Waals surface area contributed by atoms with Gasteiger partial charge >= 0.3 is 0 Å². The number of nitrogens with one attached hydrogen (secondary N) is 1. The summed E-state index contributed by atoms with van der Waals surface area (Å²) in [5, 5.41) is 28.7. The number of tetrazole rings is 1. The van der Waals surface area contributed by atoms with Gasteiger partial charge in [0.15, 0.2) is 0 Å². The number of anilines is 1. The Morgan fingerprint density at radius 3 is 3.05 bits per heavy atom. The molecule has 3 atom stereocenters. The summed E-state index contributed by atoms with van der Waals surface area (Å²) in [5.74, 6) is 0.998. The molecule has 1 aliphatic rings. The molecule has 1 saturated carbocycles. The summed E-state index contributed by atoms with van der Waals surface area (Å²) < 4.78 is 3.47. The van der Waals surface area contributed by atoms with Gasteiger partial charge in [-0.05, 0) is 35.3 Å². The first-order chi connectivity index (χ1) is 9.22. The number of hydrogen-bond acceptors (Lipinski definition) is 6. The highest BCUT2D eigenvalue weighted by Crippen LogP contribution is 2.29. The van der Waals surface area contributed by atoms with Crippen molar-refractivity contribution in [3.05, 3.63) is 18.5 Å². The quantitative estimate of drug-likeness (QED) is 0.783. The van der Waals surface area contributed by atoms with Crippen molar-refractivity contribution in [3.63, 3.8) is 0 Å². The lowest BCUT2D eigenvalue weighted by atomic mass is 10.1. The molecule has 19 heavy (non-hydrogen) atoms. The van der Waals surface area contributed by atoms with Crippen LogP contribution in [0.2, 0.25) is 0 Å². The number of hydrogen-bond donors (Lipinski definition) is 2. The van der Waals surface area contributed by atoms with Crippen LogP contribution < -0.4 is 5.32 Å². The molecular formula is C11H17N7O. The number of aliphatic hydroxyl groups is 1. The Kier molecular flexibility index (Phi) is 3.16. The van der Waals surface area contributed by atoms with Gasteiger partial charge in [-0.15, -0.1) is 0 Å². The van der Waals surface area contributed by atoms with Gasteiger partial charge in [-0.25, -0.2) is 4.68 Å². The maximum atomic E-state index is 10.1. The lowest BCUT2D eigenvalue weighted by Gasteiger charge is -2.15. The fourth-order valence-corrected chi connectivity index (χ4v) is 2.61. The molecular weight excluding hydrogens is 246 g/mol. The lowest BCUT2D eigenvalue weighted by Crippen LogP contribution is -2.29. The van der Waals surface area contributed by atoms with E-state index in [2.05, 4.69) is 25.9 Å². The van der Waals surface area contributed by atoms with E-state index in [4.69, 9.17) is 0 Å². The summed E-state index contributed by atoms with van der Waals surface area (Å²) >= 11 is 0. The maximum Gasteiger partial charge on any atom is 0.242 e. The minimum Gasteiger partial charge on any atom is -0.391 e. The highest BCUT2D eigenvalue weighted by atomic mass is 16.3. The topological polar surface area (TPSA) is 93.7 Å². The smallest absolute Gasteiger partial charge is 0.242 e. The summed E-state index contributed by atoms with van der Waals surface area (Å²) in [5.41, 5.74) is 0. The van der Waals surface area contributed by atoms with Crippen LogP contribution in [0, 0.1) is 5.92 Å². The molecule has 0 bridgehead atoms. The predicted octanol–water partition coefficient (Wildman–Crippen LogP) is -0.342. The van der Waals surface area contributed by atoms with Crippen LogP contribution >= 0.6 is 0 Å². The molecule has 3 rings (SSSR count). The van der Waals surface area contributed by atoms with Crippen LogP contribution in [0.5, 0.6) is 0 Å². The van der Waals surface area contributed by atoms with E-state index in [-0.39, 0.29) is 12.1 Å². The molecule has 2 aromatic heterocycles. The molecule has 2 heterocycles. The largest absolute Gasteiger partial charge is 0.391 e. The maximum absolute atomic E-state index is 10.1. The Balaban J connectivity index is 1.60. The molecule has 1 unspecified atom stereocenters. The van der Waals surface area contributed by atoms with Crippen molar-refractivity contribution in [2.45, 2.75) is 31.5 Å². The van der Waals surface area contributed by atoms with Gasteiger partial charge in [0.25, 0.3) is 0 Å². The molecule has 1 fully saturated rings. The van der Waals surface area contributed by atoms with Crippen LogP contribution in [0.3, 0.4) is 0 Å². The highest BCUT2D eigenvalue weighted by Gasteiger charge is 2.33. The molecule has 2 N–H and O–H groups in total. The van der Waals surface area contributed by atoms with Gasteiger partial charge in [-0.1, -0.05) is 5.10 Å². The number of aromatic nitrogens is 6. The average molecular weight is 263 g/mol. The zero-order chi connectivity index (χ0) is 13.2. The van der Waals surface area contributed by atoms with Crippen molar-refractivity contribution in [2.24, 2.45) is 13.0 Å². The Hall–Kier alpha value is -1.96. The first-order valence-electron chi connectivity index (χ1n) is 6.37. The fourth-order valence-electron chi connectivity index (χ4n) is 2.61. The number of aliphatic hydroxyl groups excluding tert-OH is 1. The summed E-state index contributed by atoms with van der Waals surface area (Å²) in [7, 11) is 1.77. The minimum absolute atomic E-state index is 0.00902. The predicted molar refractivity (Wildman–Crippen MR) is 67.2 cm³/mol. The van der Waals surface area contributed by atoms with Crippen LogP contribution in [0.25, 0.3) is 0 Å². The van der Waals surface area contributed by atoms with E-state index in [0.717, 1.165) is 19.4 Å². The Bertz CT molecular complexity index is 523. The second-order valence-electron chi connectivity index (χ2n) is 5.01. The molecule has 1 aliphatic carbocycles. The first-order valence-corrected chi connectivity index (χ1v) is 6.37. The molecule has 0 amide bonds. The van der Waals surface area contributed by atoms with Gasteiger partial charge in [0.2, 0.25) is 5.95 Å².